The molecule has 3 aromatic rings. The van der Waals surface area contributed by atoms with E-state index in [1.54, 1.807) is 55.5 Å². The molecule has 40 heavy (non-hydrogen) atoms. The van der Waals surface area contributed by atoms with Gasteiger partial charge in [-0.2, -0.15) is 0 Å². The molecule has 0 spiro atoms. The molecular weight excluding hydrogens is 569 g/mol. The van der Waals surface area contributed by atoms with Crippen LogP contribution in [0.1, 0.15) is 45.2 Å². The topological polar surface area (TPSA) is 86.8 Å². The number of rotatable bonds is 10. The van der Waals surface area contributed by atoms with Crippen molar-refractivity contribution in [2.24, 2.45) is 0 Å². The Morgan fingerprint density at radius 3 is 1.98 bits per heavy atom. The van der Waals surface area contributed by atoms with Crippen molar-refractivity contribution in [1.29, 1.82) is 0 Å². The van der Waals surface area contributed by atoms with Gasteiger partial charge in [-0.05, 0) is 87.7 Å². The van der Waals surface area contributed by atoms with Gasteiger partial charge in [-0.15, -0.1) is 0 Å². The first kappa shape index (κ1) is 31.5. The first-order chi connectivity index (χ1) is 18.7. The molecule has 3 rings (SSSR count). The second-order valence-electron chi connectivity index (χ2n) is 10.6. The Kier molecular flexibility index (Phi) is 10.3. The van der Waals surface area contributed by atoms with E-state index in [1.807, 2.05) is 27.7 Å². The Morgan fingerprint density at radius 1 is 0.900 bits per heavy atom. The number of carbonyl (C=O) groups excluding carboxylic acids is 2. The van der Waals surface area contributed by atoms with Crippen LogP contribution in [0.5, 0.6) is 0 Å². The molecule has 0 heterocycles. The summed E-state index contributed by atoms with van der Waals surface area (Å²) in [6, 6.07) is 18.9. The number of carbonyl (C=O) groups is 2. The highest BCUT2D eigenvalue weighted by Crippen LogP contribution is 2.28. The lowest BCUT2D eigenvalue weighted by atomic mass is 10.1. The molecule has 214 valence electrons. The summed E-state index contributed by atoms with van der Waals surface area (Å²) in [4.78, 5) is 28.9. The number of sulfonamides is 1. The number of halogens is 2. The number of benzene rings is 3. The van der Waals surface area contributed by atoms with Gasteiger partial charge in [0.05, 0.1) is 10.6 Å². The third kappa shape index (κ3) is 7.99. The van der Waals surface area contributed by atoms with Crippen molar-refractivity contribution >= 4 is 50.7 Å². The van der Waals surface area contributed by atoms with E-state index in [0.29, 0.717) is 27.7 Å². The van der Waals surface area contributed by atoms with Crippen molar-refractivity contribution < 1.29 is 18.0 Å². The van der Waals surface area contributed by atoms with Crippen LogP contribution in [0, 0.1) is 6.92 Å². The summed E-state index contributed by atoms with van der Waals surface area (Å²) in [5.74, 6) is -0.841. The summed E-state index contributed by atoms with van der Waals surface area (Å²) < 4.78 is 29.0. The Balaban J connectivity index is 2.08. The smallest absolute Gasteiger partial charge is 0.264 e. The molecule has 0 aromatic heterocycles. The summed E-state index contributed by atoms with van der Waals surface area (Å²) in [6.07, 6.45) is 0.329. The largest absolute Gasteiger partial charge is 0.350 e. The molecule has 0 saturated carbocycles. The van der Waals surface area contributed by atoms with Crippen LogP contribution in [-0.2, 0) is 26.2 Å². The van der Waals surface area contributed by atoms with E-state index in [9.17, 15) is 18.0 Å². The van der Waals surface area contributed by atoms with Crippen LogP contribution in [-0.4, -0.2) is 43.3 Å². The monoisotopic (exact) mass is 603 g/mol. The van der Waals surface area contributed by atoms with Gasteiger partial charge in [0.15, 0.2) is 0 Å². The van der Waals surface area contributed by atoms with Crippen LogP contribution >= 0.6 is 23.2 Å². The highest BCUT2D eigenvalue weighted by molar-refractivity contribution is 7.92. The minimum absolute atomic E-state index is 0.00489. The normalized spacial score (nSPS) is 12.5. The van der Waals surface area contributed by atoms with Crippen molar-refractivity contribution in [3.8, 4) is 0 Å². The average molecular weight is 605 g/mol. The lowest BCUT2D eigenvalue weighted by Crippen LogP contribution is -2.55. The van der Waals surface area contributed by atoms with Gasteiger partial charge in [0.1, 0.15) is 12.6 Å². The van der Waals surface area contributed by atoms with Crippen LogP contribution in [0.25, 0.3) is 0 Å². The van der Waals surface area contributed by atoms with Crippen molar-refractivity contribution in [2.45, 2.75) is 64.1 Å². The maximum Gasteiger partial charge on any atom is 0.264 e. The van der Waals surface area contributed by atoms with E-state index in [2.05, 4.69) is 5.32 Å². The molecule has 10 heteroatoms. The first-order valence-corrected chi connectivity index (χ1v) is 15.1. The van der Waals surface area contributed by atoms with Gasteiger partial charge >= 0.3 is 0 Å². The predicted molar refractivity (Wildman–Crippen MR) is 161 cm³/mol. The van der Waals surface area contributed by atoms with Crippen molar-refractivity contribution in [1.82, 2.24) is 10.2 Å². The van der Waals surface area contributed by atoms with Gasteiger partial charge in [0, 0.05) is 22.1 Å². The number of aryl methyl sites for hydroxylation is 1. The molecular formula is C30H35Cl2N3O4S. The van der Waals surface area contributed by atoms with E-state index in [-0.39, 0.29) is 17.3 Å². The first-order valence-electron chi connectivity index (χ1n) is 12.9. The Labute approximate surface area is 247 Å². The molecule has 0 saturated heterocycles. The van der Waals surface area contributed by atoms with E-state index in [1.165, 1.54) is 29.2 Å². The SMILES string of the molecule is CC[C@@H](C(=O)NC(C)(C)C)N(Cc1ccc(Cl)cc1)C(=O)CN(c1ccccc1C)S(=O)(=O)c1ccc(Cl)cc1. The summed E-state index contributed by atoms with van der Waals surface area (Å²) >= 11 is 12.1. The van der Waals surface area contributed by atoms with Crippen LogP contribution in [0.3, 0.4) is 0 Å². The number of amides is 2. The lowest BCUT2D eigenvalue weighted by molar-refractivity contribution is -0.141. The summed E-state index contributed by atoms with van der Waals surface area (Å²) in [7, 11) is -4.17. The number of nitrogens with one attached hydrogen (secondary N) is 1. The molecule has 0 aliphatic rings. The Bertz CT molecular complexity index is 1440. The maximum absolute atomic E-state index is 14.1. The molecule has 0 bridgehead atoms. The van der Waals surface area contributed by atoms with Gasteiger partial charge in [0.25, 0.3) is 10.0 Å². The zero-order valence-electron chi connectivity index (χ0n) is 23.3. The molecule has 7 nitrogen and oxygen atoms in total. The zero-order chi connectivity index (χ0) is 29.7. The minimum Gasteiger partial charge on any atom is -0.350 e. The lowest BCUT2D eigenvalue weighted by Gasteiger charge is -2.35. The average Bonchev–Trinajstić information content (AvgIpc) is 2.88. The third-order valence-corrected chi connectivity index (χ3v) is 8.49. The van der Waals surface area contributed by atoms with E-state index in [4.69, 9.17) is 23.2 Å². The second kappa shape index (κ2) is 13.1. The zero-order valence-corrected chi connectivity index (χ0v) is 25.6. The molecule has 0 fully saturated rings. The standard InChI is InChI=1S/C30H35Cl2N3O4S/c1-6-26(29(37)33-30(3,4)5)34(19-22-11-13-23(31)14-12-22)28(36)20-35(27-10-8-7-9-21(27)2)40(38,39)25-17-15-24(32)16-18-25/h7-18,26H,6,19-20H2,1-5H3,(H,33,37)/t26-/m0/s1. The van der Waals surface area contributed by atoms with E-state index >= 15 is 0 Å². The van der Waals surface area contributed by atoms with Crippen LogP contribution in [0.2, 0.25) is 10.0 Å². The Hall–Kier alpha value is -3.07. The quantitative estimate of drug-likeness (QED) is 0.298. The fourth-order valence-corrected chi connectivity index (χ4v) is 5.98. The number of para-hydroxylation sites is 1. The van der Waals surface area contributed by atoms with Crippen LogP contribution in [0.4, 0.5) is 5.69 Å². The van der Waals surface area contributed by atoms with E-state index in [0.717, 1.165) is 9.87 Å². The predicted octanol–water partition coefficient (Wildman–Crippen LogP) is 6.22. The van der Waals surface area contributed by atoms with Crippen molar-refractivity contribution in [2.75, 3.05) is 10.8 Å². The summed E-state index contributed by atoms with van der Waals surface area (Å²) in [5, 5.41) is 3.89. The molecule has 0 aliphatic heterocycles. The third-order valence-electron chi connectivity index (χ3n) is 6.21. The van der Waals surface area contributed by atoms with Gasteiger partial charge in [-0.25, -0.2) is 8.42 Å². The van der Waals surface area contributed by atoms with Gasteiger partial charge < -0.3 is 10.2 Å². The van der Waals surface area contributed by atoms with Crippen molar-refractivity contribution in [3.63, 3.8) is 0 Å². The fourth-order valence-electron chi connectivity index (χ4n) is 4.25. The summed E-state index contributed by atoms with van der Waals surface area (Å²) in [6.45, 7) is 8.77. The molecule has 1 atom stereocenters. The number of anilines is 1. The molecule has 2 amide bonds. The van der Waals surface area contributed by atoms with Gasteiger partial charge in [0.2, 0.25) is 11.8 Å². The number of hydrogen-bond acceptors (Lipinski definition) is 4. The number of nitrogens with zero attached hydrogens (tertiary/aromatic N) is 2. The van der Waals surface area contributed by atoms with Gasteiger partial charge in [-0.1, -0.05) is 60.5 Å². The molecule has 0 radical (unpaired) electrons. The molecule has 3 aromatic carbocycles. The highest BCUT2D eigenvalue weighted by Gasteiger charge is 2.35. The molecule has 0 unspecified atom stereocenters. The van der Waals surface area contributed by atoms with Gasteiger partial charge in [-0.3, -0.25) is 13.9 Å². The molecule has 0 aliphatic carbocycles. The van der Waals surface area contributed by atoms with E-state index < -0.39 is 34.1 Å². The second-order valence-corrected chi connectivity index (χ2v) is 13.3. The Morgan fingerprint density at radius 2 is 1.45 bits per heavy atom. The van der Waals surface area contributed by atoms with Crippen LogP contribution in [0.15, 0.2) is 77.7 Å². The highest BCUT2D eigenvalue weighted by atomic mass is 35.5. The number of hydrogen-bond donors (Lipinski definition) is 1. The maximum atomic E-state index is 14.1. The van der Waals surface area contributed by atoms with Crippen LogP contribution < -0.4 is 9.62 Å². The fraction of sp³-hybridized carbons (Fsp3) is 0.333. The minimum atomic E-state index is -4.17. The summed E-state index contributed by atoms with van der Waals surface area (Å²) in [5.41, 5.74) is 1.27. The van der Waals surface area contributed by atoms with Crippen molar-refractivity contribution in [3.05, 3.63) is 94.0 Å². The molecule has 1 N–H and O–H groups in total.